The van der Waals surface area contributed by atoms with E-state index >= 15 is 0 Å². The van der Waals surface area contributed by atoms with Gasteiger partial charge in [-0.15, -0.1) is 0 Å². The van der Waals surface area contributed by atoms with Crippen LogP contribution in [0, 0.1) is 0 Å². The molecule has 4 rings (SSSR count). The van der Waals surface area contributed by atoms with Gasteiger partial charge in [-0.2, -0.15) is 0 Å². The fourth-order valence-corrected chi connectivity index (χ4v) is 4.35. The van der Waals surface area contributed by atoms with Gasteiger partial charge in [0.25, 0.3) is 0 Å². The lowest BCUT2D eigenvalue weighted by Gasteiger charge is -2.24. The van der Waals surface area contributed by atoms with Gasteiger partial charge >= 0.3 is 5.97 Å². The quantitative estimate of drug-likeness (QED) is 0.126. The van der Waals surface area contributed by atoms with Crippen molar-refractivity contribution in [3.05, 3.63) is 90.1 Å². The molecule has 2 aromatic heterocycles. The molecule has 0 saturated carbocycles. The van der Waals surface area contributed by atoms with Gasteiger partial charge in [0, 0.05) is 41.8 Å². The topological polar surface area (TPSA) is 195 Å². The number of carboxylic acid groups (broad SMARTS) is 1. The lowest BCUT2D eigenvalue weighted by Crippen LogP contribution is -2.57. The summed E-state index contributed by atoms with van der Waals surface area (Å²) >= 11 is 0. The number of imidazole rings is 1. The van der Waals surface area contributed by atoms with E-state index in [1.165, 1.54) is 12.5 Å². The zero-order valence-corrected chi connectivity index (χ0v) is 21.6. The molecule has 3 atom stereocenters. The molecule has 0 saturated heterocycles. The van der Waals surface area contributed by atoms with E-state index in [1.54, 1.807) is 6.20 Å². The Kier molecular flexibility index (Phi) is 9.26. The van der Waals surface area contributed by atoms with Crippen LogP contribution in [0.1, 0.15) is 16.8 Å². The molecule has 12 nitrogen and oxygen atoms in total. The normalized spacial score (nSPS) is 13.2. The number of fused-ring (bicyclic) bond motifs is 1. The van der Waals surface area contributed by atoms with Crippen LogP contribution in [0.3, 0.4) is 0 Å². The Morgan fingerprint density at radius 2 is 1.55 bits per heavy atom. The second-order valence-corrected chi connectivity index (χ2v) is 9.37. The number of carbonyl (C=O) groups is 4. The summed E-state index contributed by atoms with van der Waals surface area (Å²) in [7, 11) is 0. The molecule has 0 aliphatic carbocycles. The molecule has 8 N–H and O–H groups in total. The summed E-state index contributed by atoms with van der Waals surface area (Å²) in [5.74, 6) is -3.06. The van der Waals surface area contributed by atoms with Crippen molar-refractivity contribution < 1.29 is 24.3 Å². The Balaban J connectivity index is 1.52. The lowest BCUT2D eigenvalue weighted by atomic mass is 10.0. The van der Waals surface area contributed by atoms with Crippen molar-refractivity contribution in [1.82, 2.24) is 30.9 Å². The number of carboxylic acids is 1. The first kappa shape index (κ1) is 28.0. The highest BCUT2D eigenvalue weighted by Crippen LogP contribution is 2.19. The summed E-state index contributed by atoms with van der Waals surface area (Å²) in [6, 6.07) is 13.6. The first-order valence-electron chi connectivity index (χ1n) is 12.7. The number of aromatic amines is 2. The minimum atomic E-state index is -1.22. The van der Waals surface area contributed by atoms with Crippen LogP contribution in [0.2, 0.25) is 0 Å². The molecule has 2 heterocycles. The molecular formula is C28H31N7O5. The number of benzene rings is 2. The van der Waals surface area contributed by atoms with Crippen molar-refractivity contribution in [3.63, 3.8) is 0 Å². The second-order valence-electron chi connectivity index (χ2n) is 9.37. The number of nitrogens with zero attached hydrogens (tertiary/aromatic N) is 1. The highest BCUT2D eigenvalue weighted by Gasteiger charge is 2.29. The third-order valence-electron chi connectivity index (χ3n) is 6.39. The molecule has 0 spiro atoms. The number of H-pyrrole nitrogens is 2. The number of aromatic nitrogens is 3. The molecule has 3 amide bonds. The van der Waals surface area contributed by atoms with Crippen molar-refractivity contribution in [2.24, 2.45) is 5.73 Å². The fourth-order valence-electron chi connectivity index (χ4n) is 4.35. The van der Waals surface area contributed by atoms with Crippen LogP contribution in [0.5, 0.6) is 0 Å². The maximum absolute atomic E-state index is 13.5. The first-order chi connectivity index (χ1) is 19.3. The third kappa shape index (κ3) is 7.54. The Labute approximate surface area is 229 Å². The van der Waals surface area contributed by atoms with Crippen molar-refractivity contribution >= 4 is 34.6 Å². The monoisotopic (exact) mass is 545 g/mol. The van der Waals surface area contributed by atoms with Crippen LogP contribution in [-0.4, -0.2) is 68.4 Å². The van der Waals surface area contributed by atoms with Crippen LogP contribution in [0.25, 0.3) is 10.9 Å². The molecule has 0 bridgehead atoms. The van der Waals surface area contributed by atoms with Crippen molar-refractivity contribution in [2.45, 2.75) is 37.4 Å². The third-order valence-corrected chi connectivity index (χ3v) is 6.39. The smallest absolute Gasteiger partial charge is 0.322 e. The molecule has 3 unspecified atom stereocenters. The summed E-state index contributed by atoms with van der Waals surface area (Å²) < 4.78 is 0. The number of para-hydroxylation sites is 1. The Bertz CT molecular complexity index is 1450. The van der Waals surface area contributed by atoms with Gasteiger partial charge in [-0.25, -0.2) is 4.98 Å². The lowest BCUT2D eigenvalue weighted by molar-refractivity contribution is -0.138. The highest BCUT2D eigenvalue weighted by molar-refractivity contribution is 5.94. The van der Waals surface area contributed by atoms with Gasteiger partial charge in [-0.05, 0) is 23.6 Å². The molecule has 4 aromatic rings. The maximum atomic E-state index is 13.5. The minimum absolute atomic E-state index is 0.0617. The van der Waals surface area contributed by atoms with Crippen molar-refractivity contribution in [3.8, 4) is 0 Å². The van der Waals surface area contributed by atoms with Gasteiger partial charge < -0.3 is 36.8 Å². The minimum Gasteiger partial charge on any atom is -0.480 e. The van der Waals surface area contributed by atoms with Gasteiger partial charge in [-0.1, -0.05) is 48.5 Å². The number of amides is 3. The molecule has 0 aliphatic rings. The SMILES string of the molecule is NC(Cc1ccccc1)C(=O)NC(Cc1cnc[nH]1)C(=O)NC(Cc1c[nH]c2ccccc12)C(=O)NCC(=O)O. The average molecular weight is 546 g/mol. The van der Waals surface area contributed by atoms with E-state index in [0.29, 0.717) is 5.69 Å². The predicted octanol–water partition coefficient (Wildman–Crippen LogP) is 0.417. The predicted molar refractivity (Wildman–Crippen MR) is 147 cm³/mol. The molecule has 2 aromatic carbocycles. The average Bonchev–Trinajstić information content (AvgIpc) is 3.61. The van der Waals surface area contributed by atoms with E-state index in [1.807, 2.05) is 54.6 Å². The molecule has 40 heavy (non-hydrogen) atoms. The molecule has 0 fully saturated rings. The van der Waals surface area contributed by atoms with Crippen LogP contribution >= 0.6 is 0 Å². The number of nitrogens with one attached hydrogen (secondary N) is 5. The van der Waals surface area contributed by atoms with E-state index in [4.69, 9.17) is 10.8 Å². The van der Waals surface area contributed by atoms with Crippen LogP contribution in [0.4, 0.5) is 0 Å². The maximum Gasteiger partial charge on any atom is 0.322 e. The van der Waals surface area contributed by atoms with Crippen LogP contribution in [0.15, 0.2) is 73.3 Å². The van der Waals surface area contributed by atoms with Crippen LogP contribution in [-0.2, 0) is 38.4 Å². The van der Waals surface area contributed by atoms with Gasteiger partial charge in [0.15, 0.2) is 0 Å². The number of nitrogens with two attached hydrogens (primary N) is 1. The van der Waals surface area contributed by atoms with E-state index < -0.39 is 48.4 Å². The summed E-state index contributed by atoms with van der Waals surface area (Å²) in [5, 5.41) is 17.6. The van der Waals surface area contributed by atoms with Crippen molar-refractivity contribution in [2.75, 3.05) is 6.54 Å². The summed E-state index contributed by atoms with van der Waals surface area (Å²) in [5.41, 5.74) is 9.20. The number of hydrogen-bond acceptors (Lipinski definition) is 6. The van der Waals surface area contributed by atoms with Gasteiger partial charge in [0.1, 0.15) is 18.6 Å². The highest BCUT2D eigenvalue weighted by atomic mass is 16.4. The summed E-state index contributed by atoms with van der Waals surface area (Å²) in [6.07, 6.45) is 5.13. The van der Waals surface area contributed by atoms with Gasteiger partial charge in [-0.3, -0.25) is 19.2 Å². The Hall–Kier alpha value is -4.97. The zero-order valence-electron chi connectivity index (χ0n) is 21.6. The van der Waals surface area contributed by atoms with Gasteiger partial charge in [0.05, 0.1) is 12.4 Å². The number of carbonyl (C=O) groups excluding carboxylic acids is 3. The number of rotatable bonds is 13. The largest absolute Gasteiger partial charge is 0.480 e. The summed E-state index contributed by atoms with van der Waals surface area (Å²) in [6.45, 7) is -0.609. The Morgan fingerprint density at radius 3 is 2.27 bits per heavy atom. The number of aliphatic carboxylic acids is 1. The van der Waals surface area contributed by atoms with E-state index in [9.17, 15) is 19.2 Å². The van der Waals surface area contributed by atoms with Gasteiger partial charge in [0.2, 0.25) is 17.7 Å². The first-order valence-corrected chi connectivity index (χ1v) is 12.7. The standard InChI is InChI=1S/C28H31N7O5/c29-21(10-17-6-2-1-3-7-17)26(38)34-24(12-19-14-30-16-33-19)28(40)35-23(27(39)32-15-25(36)37)11-18-13-31-22-9-5-4-8-20(18)22/h1-9,13-14,16,21,23-24,31H,10-12,15,29H2,(H,30,33)(H,32,39)(H,34,38)(H,35,40)(H,36,37). The summed E-state index contributed by atoms with van der Waals surface area (Å²) in [4.78, 5) is 60.6. The molecule has 12 heteroatoms. The van der Waals surface area contributed by atoms with E-state index in [2.05, 4.69) is 30.9 Å². The number of hydrogen-bond donors (Lipinski definition) is 7. The molecule has 208 valence electrons. The Morgan fingerprint density at radius 1 is 0.850 bits per heavy atom. The fraction of sp³-hybridized carbons (Fsp3) is 0.250. The molecule has 0 radical (unpaired) electrons. The second kappa shape index (κ2) is 13.2. The van der Waals surface area contributed by atoms with E-state index in [0.717, 1.165) is 22.0 Å². The molecular weight excluding hydrogens is 514 g/mol. The van der Waals surface area contributed by atoms with Crippen LogP contribution < -0.4 is 21.7 Å². The molecule has 0 aliphatic heterocycles. The van der Waals surface area contributed by atoms with Crippen molar-refractivity contribution in [1.29, 1.82) is 0 Å². The van der Waals surface area contributed by atoms with E-state index in [-0.39, 0.29) is 19.3 Å². The zero-order chi connectivity index (χ0) is 28.5.